The minimum absolute atomic E-state index is 0.189. The van der Waals surface area contributed by atoms with Gasteiger partial charge in [-0.2, -0.15) is 5.26 Å². The molecule has 1 amide bonds. The van der Waals surface area contributed by atoms with E-state index in [1.54, 1.807) is 6.20 Å². The number of aromatic nitrogens is 1. The first-order valence-corrected chi connectivity index (χ1v) is 8.74. The van der Waals surface area contributed by atoms with E-state index in [9.17, 15) is 10.1 Å². The lowest BCUT2D eigenvalue weighted by Crippen LogP contribution is -2.41. The summed E-state index contributed by atoms with van der Waals surface area (Å²) in [7, 11) is 0. The van der Waals surface area contributed by atoms with Gasteiger partial charge in [0.15, 0.2) is 0 Å². The molecule has 0 N–H and O–H groups in total. The average Bonchev–Trinajstić information content (AvgIpc) is 2.85. The Bertz CT molecular complexity index is 832. The molecule has 1 aromatic heterocycles. The van der Waals surface area contributed by atoms with Crippen molar-refractivity contribution in [2.75, 3.05) is 31.1 Å². The molecule has 2 heterocycles. The maximum atomic E-state index is 12.6. The van der Waals surface area contributed by atoms with E-state index >= 15 is 0 Å². The van der Waals surface area contributed by atoms with Crippen LogP contribution in [0.3, 0.4) is 0 Å². The van der Waals surface area contributed by atoms with Crippen LogP contribution in [-0.4, -0.2) is 42.0 Å². The number of benzene rings is 1. The van der Waals surface area contributed by atoms with Crippen LogP contribution in [0.5, 0.6) is 0 Å². The van der Waals surface area contributed by atoms with Crippen LogP contribution in [0.15, 0.2) is 30.5 Å². The molecule has 1 fully saturated rings. The number of pyridine rings is 1. The molecule has 1 saturated heterocycles. The lowest BCUT2D eigenvalue weighted by Gasteiger charge is -2.29. The molecule has 0 unspecified atom stereocenters. The van der Waals surface area contributed by atoms with Crippen molar-refractivity contribution in [1.82, 2.24) is 9.88 Å². The number of carbonyl (C=O) groups is 1. The van der Waals surface area contributed by atoms with Crippen molar-refractivity contribution in [3.8, 4) is 6.07 Å². The molecule has 3 rings (SSSR count). The van der Waals surface area contributed by atoms with Gasteiger partial charge in [-0.1, -0.05) is 39.0 Å². The normalized spacial score (nSPS) is 15.8. The van der Waals surface area contributed by atoms with Gasteiger partial charge in [0.1, 0.15) is 6.07 Å². The van der Waals surface area contributed by atoms with Crippen LogP contribution in [-0.2, 0) is 4.79 Å². The number of anilines is 1. The summed E-state index contributed by atoms with van der Waals surface area (Å²) in [5.74, 6) is 0.189. The third-order valence-corrected chi connectivity index (χ3v) is 4.61. The Morgan fingerprint density at radius 2 is 1.92 bits per heavy atom. The zero-order valence-electron chi connectivity index (χ0n) is 15.1. The Balaban J connectivity index is 1.92. The van der Waals surface area contributed by atoms with Gasteiger partial charge in [0.25, 0.3) is 0 Å². The SMILES string of the molecule is CC(C)(C)C(=O)N1CCCN(c2c(C#N)cnc3ccccc23)CC1. The number of hydrogen-bond acceptors (Lipinski definition) is 4. The number of hydrogen-bond donors (Lipinski definition) is 0. The van der Waals surface area contributed by atoms with Crippen molar-refractivity contribution >= 4 is 22.5 Å². The minimum Gasteiger partial charge on any atom is -0.368 e. The molecule has 0 saturated carbocycles. The molecular formula is C20H24N4O. The maximum absolute atomic E-state index is 12.6. The van der Waals surface area contributed by atoms with E-state index in [4.69, 9.17) is 0 Å². The summed E-state index contributed by atoms with van der Waals surface area (Å²) in [6.07, 6.45) is 2.55. The zero-order chi connectivity index (χ0) is 18.0. The molecule has 1 aliphatic heterocycles. The Labute approximate surface area is 148 Å². The van der Waals surface area contributed by atoms with Gasteiger partial charge in [-0.3, -0.25) is 9.78 Å². The molecular weight excluding hydrogens is 312 g/mol. The number of amides is 1. The molecule has 0 spiro atoms. The predicted molar refractivity (Wildman–Crippen MR) is 99.3 cm³/mol. The number of fused-ring (bicyclic) bond motifs is 1. The van der Waals surface area contributed by atoms with E-state index in [2.05, 4.69) is 16.0 Å². The lowest BCUT2D eigenvalue weighted by molar-refractivity contribution is -0.139. The first kappa shape index (κ1) is 17.2. The van der Waals surface area contributed by atoms with Crippen LogP contribution < -0.4 is 4.90 Å². The van der Waals surface area contributed by atoms with Crippen LogP contribution in [0.25, 0.3) is 10.9 Å². The molecule has 1 aromatic carbocycles. The fourth-order valence-electron chi connectivity index (χ4n) is 3.37. The minimum atomic E-state index is -0.365. The summed E-state index contributed by atoms with van der Waals surface area (Å²) >= 11 is 0. The van der Waals surface area contributed by atoms with Crippen LogP contribution >= 0.6 is 0 Å². The van der Waals surface area contributed by atoms with Gasteiger partial charge in [0.2, 0.25) is 5.91 Å². The number of para-hydroxylation sites is 1. The van der Waals surface area contributed by atoms with Gasteiger partial charge in [-0.15, -0.1) is 0 Å². The van der Waals surface area contributed by atoms with Crippen molar-refractivity contribution < 1.29 is 4.79 Å². The molecule has 0 radical (unpaired) electrons. The highest BCUT2D eigenvalue weighted by Gasteiger charge is 2.29. The Kier molecular flexibility index (Phi) is 4.63. The van der Waals surface area contributed by atoms with Gasteiger partial charge < -0.3 is 9.80 Å². The lowest BCUT2D eigenvalue weighted by atomic mass is 9.94. The maximum Gasteiger partial charge on any atom is 0.228 e. The molecule has 0 bridgehead atoms. The Morgan fingerprint density at radius 3 is 2.64 bits per heavy atom. The number of carbonyl (C=O) groups excluding carboxylic acids is 1. The van der Waals surface area contributed by atoms with Gasteiger partial charge in [0, 0.05) is 43.2 Å². The van der Waals surface area contributed by atoms with E-state index in [-0.39, 0.29) is 11.3 Å². The van der Waals surface area contributed by atoms with Crippen molar-refractivity contribution in [1.29, 1.82) is 5.26 Å². The van der Waals surface area contributed by atoms with Gasteiger partial charge in [0.05, 0.1) is 16.8 Å². The highest BCUT2D eigenvalue weighted by Crippen LogP contribution is 2.30. The number of rotatable bonds is 1. The molecule has 0 atom stereocenters. The summed E-state index contributed by atoms with van der Waals surface area (Å²) in [5, 5.41) is 10.5. The Hall–Kier alpha value is -2.61. The van der Waals surface area contributed by atoms with Gasteiger partial charge >= 0.3 is 0 Å². The van der Waals surface area contributed by atoms with Crippen molar-refractivity contribution in [3.63, 3.8) is 0 Å². The van der Waals surface area contributed by atoms with E-state index < -0.39 is 0 Å². The van der Waals surface area contributed by atoms with Crippen molar-refractivity contribution in [3.05, 3.63) is 36.0 Å². The monoisotopic (exact) mass is 336 g/mol. The van der Waals surface area contributed by atoms with Crippen molar-refractivity contribution in [2.24, 2.45) is 5.41 Å². The average molecular weight is 336 g/mol. The third kappa shape index (κ3) is 3.43. The quantitative estimate of drug-likeness (QED) is 0.802. The molecule has 5 nitrogen and oxygen atoms in total. The number of nitriles is 1. The third-order valence-electron chi connectivity index (χ3n) is 4.61. The summed E-state index contributed by atoms with van der Waals surface area (Å²) < 4.78 is 0. The first-order chi connectivity index (χ1) is 11.9. The Morgan fingerprint density at radius 1 is 1.16 bits per heavy atom. The molecule has 5 heteroatoms. The fourth-order valence-corrected chi connectivity index (χ4v) is 3.37. The van der Waals surface area contributed by atoms with Crippen molar-refractivity contribution in [2.45, 2.75) is 27.2 Å². The van der Waals surface area contributed by atoms with E-state index in [0.29, 0.717) is 12.1 Å². The summed E-state index contributed by atoms with van der Waals surface area (Å²) in [6.45, 7) is 8.88. The van der Waals surface area contributed by atoms with Crippen LogP contribution in [0, 0.1) is 16.7 Å². The molecule has 130 valence electrons. The summed E-state index contributed by atoms with van der Waals surface area (Å²) in [6, 6.07) is 10.2. The standard InChI is InChI=1S/C20H24N4O/c1-20(2,3)19(25)24-10-6-9-23(11-12-24)18-15(13-21)14-22-17-8-5-4-7-16(17)18/h4-5,7-8,14H,6,9-12H2,1-3H3. The first-order valence-electron chi connectivity index (χ1n) is 8.74. The molecule has 25 heavy (non-hydrogen) atoms. The van der Waals surface area contributed by atoms with Gasteiger partial charge in [-0.05, 0) is 12.5 Å². The van der Waals surface area contributed by atoms with Gasteiger partial charge in [-0.25, -0.2) is 0 Å². The smallest absolute Gasteiger partial charge is 0.228 e. The molecule has 1 aliphatic rings. The zero-order valence-corrected chi connectivity index (χ0v) is 15.1. The fraction of sp³-hybridized carbons (Fsp3) is 0.450. The summed E-state index contributed by atoms with van der Waals surface area (Å²) in [5.41, 5.74) is 2.06. The second-order valence-corrected chi connectivity index (χ2v) is 7.53. The second kappa shape index (κ2) is 6.72. The van der Waals surface area contributed by atoms with E-state index in [1.165, 1.54) is 0 Å². The summed E-state index contributed by atoms with van der Waals surface area (Å²) in [4.78, 5) is 21.2. The van der Waals surface area contributed by atoms with Crippen LogP contribution in [0.4, 0.5) is 5.69 Å². The highest BCUT2D eigenvalue weighted by atomic mass is 16.2. The number of nitrogens with zero attached hydrogens (tertiary/aromatic N) is 4. The highest BCUT2D eigenvalue weighted by molar-refractivity contribution is 5.94. The second-order valence-electron chi connectivity index (χ2n) is 7.53. The topological polar surface area (TPSA) is 60.2 Å². The molecule has 0 aliphatic carbocycles. The van der Waals surface area contributed by atoms with E-state index in [0.717, 1.165) is 42.6 Å². The largest absolute Gasteiger partial charge is 0.368 e. The molecule has 2 aromatic rings. The van der Waals surface area contributed by atoms with Crippen LogP contribution in [0.1, 0.15) is 32.8 Å². The van der Waals surface area contributed by atoms with E-state index in [1.807, 2.05) is 49.9 Å². The van der Waals surface area contributed by atoms with Crippen LogP contribution in [0.2, 0.25) is 0 Å². The predicted octanol–water partition coefficient (Wildman–Crippen LogP) is 3.19.